The van der Waals surface area contributed by atoms with E-state index in [1.807, 2.05) is 41.5 Å². The number of benzene rings is 1. The molecule has 1 fully saturated rings. The van der Waals surface area contributed by atoms with Gasteiger partial charge in [-0.25, -0.2) is 4.98 Å². The van der Waals surface area contributed by atoms with Gasteiger partial charge in [0, 0.05) is 37.2 Å². The third-order valence-electron chi connectivity index (χ3n) is 4.64. The molecule has 0 aliphatic carbocycles. The smallest absolute Gasteiger partial charge is 0.220 e. The molecule has 1 amide bonds. The quantitative estimate of drug-likeness (QED) is 0.763. The van der Waals surface area contributed by atoms with Crippen molar-refractivity contribution in [2.75, 3.05) is 6.54 Å². The second kappa shape index (κ2) is 6.48. The van der Waals surface area contributed by atoms with Crippen LogP contribution in [-0.4, -0.2) is 33.3 Å². The van der Waals surface area contributed by atoms with Gasteiger partial charge in [0.1, 0.15) is 11.9 Å². The lowest BCUT2D eigenvalue weighted by molar-refractivity contribution is -0.119. The molecule has 7 heteroatoms. The van der Waals surface area contributed by atoms with Crippen LogP contribution < -0.4 is 10.1 Å². The maximum atomic E-state index is 11.5. The van der Waals surface area contributed by atoms with Crippen LogP contribution in [0, 0.1) is 5.92 Å². The summed E-state index contributed by atoms with van der Waals surface area (Å²) in [4.78, 5) is 15.9. The van der Waals surface area contributed by atoms with E-state index < -0.39 is 0 Å². The van der Waals surface area contributed by atoms with Gasteiger partial charge < -0.3 is 10.1 Å². The molecule has 1 aliphatic rings. The van der Waals surface area contributed by atoms with Gasteiger partial charge in [-0.1, -0.05) is 0 Å². The van der Waals surface area contributed by atoms with E-state index in [4.69, 9.17) is 4.74 Å². The first-order chi connectivity index (χ1) is 12.1. The summed E-state index contributed by atoms with van der Waals surface area (Å²) in [5, 5.41) is 7.45. The average molecular weight is 356 g/mol. The van der Waals surface area contributed by atoms with E-state index in [1.165, 1.54) is 0 Å². The number of aryl methyl sites for hydroxylation is 1. The van der Waals surface area contributed by atoms with E-state index in [1.54, 1.807) is 11.3 Å². The Balaban J connectivity index is 1.67. The maximum absolute atomic E-state index is 11.5. The molecule has 0 bridgehead atoms. The van der Waals surface area contributed by atoms with Gasteiger partial charge in [0.2, 0.25) is 5.91 Å². The minimum atomic E-state index is -0.0484. The zero-order valence-corrected chi connectivity index (χ0v) is 15.0. The summed E-state index contributed by atoms with van der Waals surface area (Å²) >= 11 is 1.57. The minimum Gasteiger partial charge on any atom is -0.489 e. The van der Waals surface area contributed by atoms with Crippen molar-refractivity contribution >= 4 is 27.5 Å². The lowest BCUT2D eigenvalue weighted by atomic mass is 10.0. The normalized spacial score (nSPS) is 18.5. The lowest BCUT2D eigenvalue weighted by Gasteiger charge is -2.20. The SMILES string of the molecule is CCn1ccc(-c2cc(O[C@@H](C)[C@@H]3CNC(=O)C3)c3scnc3c2)n1. The Morgan fingerprint density at radius 3 is 3.08 bits per heavy atom. The Kier molecular flexibility index (Phi) is 4.17. The molecule has 2 atom stereocenters. The predicted octanol–water partition coefficient (Wildman–Crippen LogP) is 3.08. The van der Waals surface area contributed by atoms with Gasteiger partial charge in [0.15, 0.2) is 0 Å². The lowest BCUT2D eigenvalue weighted by Crippen LogP contribution is -2.25. The largest absolute Gasteiger partial charge is 0.489 e. The zero-order valence-electron chi connectivity index (χ0n) is 14.2. The Labute approximate surface area is 149 Å². The van der Waals surface area contributed by atoms with E-state index >= 15 is 0 Å². The summed E-state index contributed by atoms with van der Waals surface area (Å²) in [6.07, 6.45) is 2.44. The van der Waals surface area contributed by atoms with Crippen molar-refractivity contribution in [3.8, 4) is 17.0 Å². The Morgan fingerprint density at radius 2 is 2.36 bits per heavy atom. The van der Waals surface area contributed by atoms with Crippen LogP contribution in [0.5, 0.6) is 5.75 Å². The summed E-state index contributed by atoms with van der Waals surface area (Å²) in [7, 11) is 0. The van der Waals surface area contributed by atoms with Gasteiger partial charge in [-0.05, 0) is 32.0 Å². The number of carbonyl (C=O) groups excluding carboxylic acids is 1. The van der Waals surface area contributed by atoms with Crippen molar-refractivity contribution in [3.05, 3.63) is 29.9 Å². The number of carbonyl (C=O) groups is 1. The highest BCUT2D eigenvalue weighted by atomic mass is 32.1. The molecule has 0 spiro atoms. The fourth-order valence-corrected chi connectivity index (χ4v) is 3.85. The van der Waals surface area contributed by atoms with Crippen LogP contribution >= 0.6 is 11.3 Å². The summed E-state index contributed by atoms with van der Waals surface area (Å²) in [6.45, 7) is 5.60. The van der Waals surface area contributed by atoms with Gasteiger partial charge in [-0.2, -0.15) is 5.10 Å². The molecular formula is C18H20N4O2S. The number of hydrogen-bond acceptors (Lipinski definition) is 5. The minimum absolute atomic E-state index is 0.0484. The number of rotatable bonds is 5. The van der Waals surface area contributed by atoms with Crippen LogP contribution in [0.4, 0.5) is 0 Å². The molecular weight excluding hydrogens is 336 g/mol. The molecule has 1 aromatic carbocycles. The molecule has 2 aromatic heterocycles. The van der Waals surface area contributed by atoms with E-state index in [9.17, 15) is 4.79 Å². The molecule has 0 unspecified atom stereocenters. The molecule has 4 rings (SSSR count). The van der Waals surface area contributed by atoms with Crippen molar-refractivity contribution in [2.45, 2.75) is 32.9 Å². The van der Waals surface area contributed by atoms with Gasteiger partial charge in [-0.3, -0.25) is 9.48 Å². The Morgan fingerprint density at radius 1 is 1.48 bits per heavy atom. The van der Waals surface area contributed by atoms with Gasteiger partial charge in [0.25, 0.3) is 0 Å². The highest BCUT2D eigenvalue weighted by Gasteiger charge is 2.28. The van der Waals surface area contributed by atoms with E-state index in [0.717, 1.165) is 33.8 Å². The summed E-state index contributed by atoms with van der Waals surface area (Å²) in [5.41, 5.74) is 4.65. The highest BCUT2D eigenvalue weighted by molar-refractivity contribution is 7.17. The van der Waals surface area contributed by atoms with Crippen LogP contribution in [0.15, 0.2) is 29.9 Å². The number of fused-ring (bicyclic) bond motifs is 1. The molecule has 3 heterocycles. The fraction of sp³-hybridized carbons (Fsp3) is 0.389. The number of thiazole rings is 1. The Hall–Kier alpha value is -2.41. The second-order valence-electron chi connectivity index (χ2n) is 6.32. The third-order valence-corrected chi connectivity index (χ3v) is 5.50. The standard InChI is InChI=1S/C18H20N4O2S/c1-3-22-5-4-14(21-22)12-6-15-18(25-10-20-15)16(7-12)24-11(2)13-8-17(23)19-9-13/h4-7,10-11,13H,3,8-9H2,1-2H3,(H,19,23)/t11-,13-/m0/s1. The van der Waals surface area contributed by atoms with Crippen LogP contribution in [0.3, 0.4) is 0 Å². The zero-order chi connectivity index (χ0) is 17.4. The molecule has 130 valence electrons. The van der Waals surface area contributed by atoms with E-state index in [-0.39, 0.29) is 17.9 Å². The number of amides is 1. The fourth-order valence-electron chi connectivity index (χ4n) is 3.12. The molecule has 1 saturated heterocycles. The van der Waals surface area contributed by atoms with Crippen LogP contribution in [0.1, 0.15) is 20.3 Å². The number of ether oxygens (including phenoxy) is 1. The topological polar surface area (TPSA) is 69.0 Å². The van der Waals surface area contributed by atoms with Crippen LogP contribution in [-0.2, 0) is 11.3 Å². The average Bonchev–Trinajstić information content (AvgIpc) is 3.34. The monoisotopic (exact) mass is 356 g/mol. The molecule has 0 radical (unpaired) electrons. The first-order valence-corrected chi connectivity index (χ1v) is 9.36. The molecule has 3 aromatic rings. The summed E-state index contributed by atoms with van der Waals surface area (Å²) < 4.78 is 9.19. The first kappa shape index (κ1) is 16.1. The van der Waals surface area contributed by atoms with Crippen molar-refractivity contribution in [1.82, 2.24) is 20.1 Å². The molecule has 6 nitrogen and oxygen atoms in total. The van der Waals surface area contributed by atoms with Crippen molar-refractivity contribution in [1.29, 1.82) is 0 Å². The number of nitrogens with one attached hydrogen (secondary N) is 1. The molecule has 1 N–H and O–H groups in total. The van der Waals surface area contributed by atoms with E-state index in [0.29, 0.717) is 13.0 Å². The number of hydrogen-bond donors (Lipinski definition) is 1. The molecule has 25 heavy (non-hydrogen) atoms. The molecule has 1 aliphatic heterocycles. The molecule has 0 saturated carbocycles. The van der Waals surface area contributed by atoms with Gasteiger partial charge in [0.05, 0.1) is 21.4 Å². The van der Waals surface area contributed by atoms with Crippen LogP contribution in [0.2, 0.25) is 0 Å². The summed E-state index contributed by atoms with van der Waals surface area (Å²) in [5.74, 6) is 1.11. The first-order valence-electron chi connectivity index (χ1n) is 8.48. The van der Waals surface area contributed by atoms with Crippen molar-refractivity contribution in [3.63, 3.8) is 0 Å². The van der Waals surface area contributed by atoms with Crippen molar-refractivity contribution in [2.24, 2.45) is 5.92 Å². The predicted molar refractivity (Wildman–Crippen MR) is 97.7 cm³/mol. The van der Waals surface area contributed by atoms with E-state index in [2.05, 4.69) is 22.3 Å². The highest BCUT2D eigenvalue weighted by Crippen LogP contribution is 2.35. The maximum Gasteiger partial charge on any atom is 0.220 e. The van der Waals surface area contributed by atoms with Gasteiger partial charge in [-0.15, -0.1) is 11.3 Å². The number of nitrogens with zero attached hydrogens (tertiary/aromatic N) is 3. The summed E-state index contributed by atoms with van der Waals surface area (Å²) in [6, 6.07) is 6.08. The Bertz CT molecular complexity index is 917. The van der Waals surface area contributed by atoms with Gasteiger partial charge >= 0.3 is 0 Å². The van der Waals surface area contributed by atoms with Crippen molar-refractivity contribution < 1.29 is 9.53 Å². The third kappa shape index (κ3) is 3.11. The van der Waals surface area contributed by atoms with Crippen LogP contribution in [0.25, 0.3) is 21.5 Å². The number of aromatic nitrogens is 3. The second-order valence-corrected chi connectivity index (χ2v) is 7.18.